The lowest BCUT2D eigenvalue weighted by atomic mass is 9.67. The average Bonchev–Trinajstić information content (AvgIpc) is 2.77. The molecule has 1 fully saturated rings. The zero-order valence-corrected chi connectivity index (χ0v) is 12.1. The van der Waals surface area contributed by atoms with Gasteiger partial charge >= 0.3 is 0 Å². The van der Waals surface area contributed by atoms with Gasteiger partial charge in [0.1, 0.15) is 4.21 Å². The fraction of sp³-hybridized carbons (Fsp3) is 0.667. The third-order valence-electron chi connectivity index (χ3n) is 3.88. The Labute approximate surface area is 112 Å². The van der Waals surface area contributed by atoms with Crippen LogP contribution in [0.25, 0.3) is 0 Å². The van der Waals surface area contributed by atoms with Crippen LogP contribution in [0.1, 0.15) is 38.2 Å². The van der Waals surface area contributed by atoms with Crippen molar-refractivity contribution < 1.29 is 13.5 Å². The Morgan fingerprint density at radius 2 is 2.22 bits per heavy atom. The topological polar surface area (TPSA) is 66.4 Å². The van der Waals surface area contributed by atoms with Crippen molar-refractivity contribution in [3.8, 4) is 0 Å². The van der Waals surface area contributed by atoms with E-state index in [1.54, 1.807) is 5.38 Å². The number of aliphatic hydroxyl groups excluding tert-OH is 1. The first-order chi connectivity index (χ1) is 8.51. The maximum absolute atomic E-state index is 12.1. The Morgan fingerprint density at radius 3 is 2.67 bits per heavy atom. The van der Waals surface area contributed by atoms with Crippen molar-refractivity contribution in [2.75, 3.05) is 6.54 Å². The minimum atomic E-state index is -3.41. The molecule has 0 aromatic carbocycles. The van der Waals surface area contributed by atoms with E-state index < -0.39 is 10.0 Å². The summed E-state index contributed by atoms with van der Waals surface area (Å²) in [5, 5.41) is 10.6. The SMILES string of the molecule is CCC1(CNS(=O)(=O)c2cc(CO)cs2)CCC1. The number of rotatable bonds is 6. The summed E-state index contributed by atoms with van der Waals surface area (Å²) in [4.78, 5) is 0. The van der Waals surface area contributed by atoms with Gasteiger partial charge in [0.05, 0.1) is 6.61 Å². The summed E-state index contributed by atoms with van der Waals surface area (Å²) < 4.78 is 27.2. The first-order valence-electron chi connectivity index (χ1n) is 6.19. The molecule has 0 radical (unpaired) electrons. The fourth-order valence-corrected chi connectivity index (χ4v) is 4.63. The van der Waals surface area contributed by atoms with Gasteiger partial charge in [0.25, 0.3) is 0 Å². The predicted octanol–water partition coefficient (Wildman–Crippen LogP) is 2.10. The quantitative estimate of drug-likeness (QED) is 0.843. The third kappa shape index (κ3) is 2.77. The van der Waals surface area contributed by atoms with Crippen molar-refractivity contribution in [2.45, 2.75) is 43.4 Å². The summed E-state index contributed by atoms with van der Waals surface area (Å²) in [5.41, 5.74) is 0.818. The van der Waals surface area contributed by atoms with Crippen LogP contribution in [0.15, 0.2) is 15.7 Å². The van der Waals surface area contributed by atoms with Crippen LogP contribution in [0, 0.1) is 5.41 Å². The molecule has 6 heteroatoms. The smallest absolute Gasteiger partial charge is 0.250 e. The van der Waals surface area contributed by atoms with Gasteiger partial charge in [-0.2, -0.15) is 0 Å². The van der Waals surface area contributed by atoms with Crippen molar-refractivity contribution in [1.29, 1.82) is 0 Å². The summed E-state index contributed by atoms with van der Waals surface area (Å²) in [5.74, 6) is 0. The first-order valence-corrected chi connectivity index (χ1v) is 8.55. The zero-order valence-electron chi connectivity index (χ0n) is 10.5. The normalized spacial score (nSPS) is 18.6. The van der Waals surface area contributed by atoms with Crippen LogP contribution in [0.3, 0.4) is 0 Å². The van der Waals surface area contributed by atoms with Crippen LogP contribution in [0.5, 0.6) is 0 Å². The van der Waals surface area contributed by atoms with E-state index in [1.807, 2.05) is 0 Å². The number of hydrogen-bond donors (Lipinski definition) is 2. The van der Waals surface area contributed by atoms with E-state index in [0.717, 1.165) is 30.6 Å². The highest BCUT2D eigenvalue weighted by atomic mass is 32.2. The molecule has 1 aromatic rings. The summed E-state index contributed by atoms with van der Waals surface area (Å²) in [6, 6.07) is 1.53. The van der Waals surface area contributed by atoms with E-state index in [2.05, 4.69) is 11.6 Å². The van der Waals surface area contributed by atoms with Crippen LogP contribution in [0.2, 0.25) is 0 Å². The minimum Gasteiger partial charge on any atom is -0.392 e. The molecule has 1 saturated carbocycles. The maximum atomic E-state index is 12.1. The Balaban J connectivity index is 2.03. The molecule has 0 bridgehead atoms. The zero-order chi connectivity index (χ0) is 13.2. The second kappa shape index (κ2) is 5.28. The van der Waals surface area contributed by atoms with Gasteiger partial charge in [0, 0.05) is 6.54 Å². The van der Waals surface area contributed by atoms with E-state index in [0.29, 0.717) is 12.1 Å². The van der Waals surface area contributed by atoms with Crippen LogP contribution < -0.4 is 4.72 Å². The molecule has 0 spiro atoms. The Morgan fingerprint density at radius 1 is 1.50 bits per heavy atom. The largest absolute Gasteiger partial charge is 0.392 e. The van der Waals surface area contributed by atoms with Crippen molar-refractivity contribution in [1.82, 2.24) is 4.72 Å². The Kier molecular flexibility index (Phi) is 4.11. The fourth-order valence-electron chi connectivity index (χ4n) is 2.23. The summed E-state index contributed by atoms with van der Waals surface area (Å²) in [7, 11) is -3.41. The molecule has 102 valence electrons. The summed E-state index contributed by atoms with van der Waals surface area (Å²) >= 11 is 1.15. The molecule has 0 saturated heterocycles. The molecule has 1 aliphatic carbocycles. The molecule has 2 rings (SSSR count). The minimum absolute atomic E-state index is 0.120. The molecular formula is C12H19NO3S2. The molecule has 0 aliphatic heterocycles. The highest BCUT2D eigenvalue weighted by molar-refractivity contribution is 7.91. The van der Waals surface area contributed by atoms with Gasteiger partial charge in [-0.25, -0.2) is 13.1 Å². The van der Waals surface area contributed by atoms with E-state index in [9.17, 15) is 8.42 Å². The third-order valence-corrected chi connectivity index (χ3v) is 6.77. The van der Waals surface area contributed by atoms with Gasteiger partial charge in [-0.1, -0.05) is 13.3 Å². The van der Waals surface area contributed by atoms with E-state index >= 15 is 0 Å². The highest BCUT2D eigenvalue weighted by Crippen LogP contribution is 2.43. The van der Waals surface area contributed by atoms with E-state index in [1.165, 1.54) is 12.5 Å². The van der Waals surface area contributed by atoms with Gasteiger partial charge in [-0.3, -0.25) is 0 Å². The number of nitrogens with one attached hydrogen (secondary N) is 1. The Bertz CT molecular complexity index is 498. The molecular weight excluding hydrogens is 270 g/mol. The summed E-state index contributed by atoms with van der Waals surface area (Å²) in [6.07, 6.45) is 4.43. The van der Waals surface area contributed by atoms with Crippen molar-refractivity contribution in [3.63, 3.8) is 0 Å². The van der Waals surface area contributed by atoms with Crippen molar-refractivity contribution >= 4 is 21.4 Å². The molecule has 4 nitrogen and oxygen atoms in total. The predicted molar refractivity (Wildman–Crippen MR) is 72.0 cm³/mol. The monoisotopic (exact) mass is 289 g/mol. The summed E-state index contributed by atoms with van der Waals surface area (Å²) in [6.45, 7) is 2.52. The van der Waals surface area contributed by atoms with Gasteiger partial charge < -0.3 is 5.11 Å². The van der Waals surface area contributed by atoms with Crippen LogP contribution in [-0.4, -0.2) is 20.1 Å². The van der Waals surface area contributed by atoms with Gasteiger partial charge in [0.15, 0.2) is 0 Å². The number of hydrogen-bond acceptors (Lipinski definition) is 4. The maximum Gasteiger partial charge on any atom is 0.250 e. The van der Waals surface area contributed by atoms with Gasteiger partial charge in [-0.15, -0.1) is 11.3 Å². The molecule has 2 N–H and O–H groups in total. The van der Waals surface area contributed by atoms with Gasteiger partial charge in [0.2, 0.25) is 10.0 Å². The van der Waals surface area contributed by atoms with Crippen molar-refractivity contribution in [3.05, 3.63) is 17.0 Å². The molecule has 0 atom stereocenters. The molecule has 18 heavy (non-hydrogen) atoms. The molecule has 1 aliphatic rings. The lowest BCUT2D eigenvalue weighted by Gasteiger charge is -2.41. The van der Waals surface area contributed by atoms with Crippen LogP contribution >= 0.6 is 11.3 Å². The van der Waals surface area contributed by atoms with E-state index in [-0.39, 0.29) is 16.2 Å². The van der Waals surface area contributed by atoms with Crippen LogP contribution in [0.4, 0.5) is 0 Å². The highest BCUT2D eigenvalue weighted by Gasteiger charge is 2.36. The lowest BCUT2D eigenvalue weighted by molar-refractivity contribution is 0.133. The van der Waals surface area contributed by atoms with Gasteiger partial charge in [-0.05, 0) is 41.7 Å². The number of aliphatic hydroxyl groups is 1. The molecule has 0 unspecified atom stereocenters. The Hall–Kier alpha value is -0.430. The number of sulfonamides is 1. The van der Waals surface area contributed by atoms with Crippen LogP contribution in [-0.2, 0) is 16.6 Å². The molecule has 1 aromatic heterocycles. The standard InChI is InChI=1S/C12H19NO3S2/c1-2-12(4-3-5-12)9-13-18(15,16)11-6-10(7-14)8-17-11/h6,8,13-14H,2-5,7,9H2,1H3. The molecule has 1 heterocycles. The first kappa shape index (κ1) is 14.0. The lowest BCUT2D eigenvalue weighted by Crippen LogP contribution is -2.41. The molecule has 0 amide bonds. The number of thiophene rings is 1. The van der Waals surface area contributed by atoms with E-state index in [4.69, 9.17) is 5.11 Å². The average molecular weight is 289 g/mol. The second-order valence-corrected chi connectivity index (χ2v) is 7.87. The second-order valence-electron chi connectivity index (χ2n) is 4.96. The van der Waals surface area contributed by atoms with Crippen molar-refractivity contribution in [2.24, 2.45) is 5.41 Å².